The summed E-state index contributed by atoms with van der Waals surface area (Å²) in [6.07, 6.45) is 1.86. The molecule has 86 valence electrons. The maximum absolute atomic E-state index is 11.5. The lowest BCUT2D eigenvalue weighted by molar-refractivity contribution is -0.145. The zero-order valence-corrected chi connectivity index (χ0v) is 9.96. The van der Waals surface area contributed by atoms with Crippen molar-refractivity contribution in [2.45, 2.75) is 32.0 Å². The molecule has 1 heterocycles. The van der Waals surface area contributed by atoms with Crippen LogP contribution in [0.4, 0.5) is 0 Å². The number of carbonyl (C=O) groups excluding carboxylic acids is 1. The van der Waals surface area contributed by atoms with Crippen LogP contribution in [0.3, 0.4) is 0 Å². The Balaban J connectivity index is 1.77. The number of rotatable bonds is 2. The molecule has 0 aromatic heterocycles. The minimum atomic E-state index is -0.0615. The smallest absolute Gasteiger partial charge is 0.309 e. The lowest BCUT2D eigenvalue weighted by Gasteiger charge is -2.26. The van der Waals surface area contributed by atoms with Gasteiger partial charge in [-0.3, -0.25) is 4.79 Å². The van der Waals surface area contributed by atoms with E-state index in [0.29, 0.717) is 16.9 Å². The third kappa shape index (κ3) is 1.25. The molecule has 3 fully saturated rings. The molecule has 0 aromatic carbocycles. The molecule has 2 bridgehead atoms. The molecule has 0 amide bonds. The van der Waals surface area contributed by atoms with Crippen molar-refractivity contribution in [3.05, 3.63) is 12.2 Å². The molecule has 0 N–H and O–H groups in total. The molecular formula is C12H14O3S. The van der Waals surface area contributed by atoms with Gasteiger partial charge in [-0.2, -0.15) is 0 Å². The Labute approximate surface area is 99.8 Å². The predicted molar refractivity (Wildman–Crippen MR) is 61.9 cm³/mol. The maximum atomic E-state index is 11.5. The summed E-state index contributed by atoms with van der Waals surface area (Å²) in [5.74, 6) is 0.900. The third-order valence-corrected chi connectivity index (χ3v) is 4.45. The number of fused-ring (bicyclic) bond motifs is 1. The van der Waals surface area contributed by atoms with Crippen molar-refractivity contribution in [2.75, 3.05) is 0 Å². The monoisotopic (exact) mass is 238 g/mol. The zero-order valence-electron chi connectivity index (χ0n) is 9.14. The summed E-state index contributed by atoms with van der Waals surface area (Å²) in [7, 11) is 0. The average Bonchev–Trinajstić information content (AvgIpc) is 2.81. The fourth-order valence-corrected chi connectivity index (χ4v) is 3.40. The first-order valence-corrected chi connectivity index (χ1v) is 6.05. The van der Waals surface area contributed by atoms with Crippen LogP contribution in [0.1, 0.15) is 19.8 Å². The summed E-state index contributed by atoms with van der Waals surface area (Å²) in [4.78, 5) is 11.5. The van der Waals surface area contributed by atoms with E-state index < -0.39 is 0 Å². The molecule has 0 aromatic rings. The number of carbonyl (C=O) groups is 1. The average molecular weight is 238 g/mol. The first kappa shape index (κ1) is 10.3. The first-order valence-electron chi connectivity index (χ1n) is 5.65. The van der Waals surface area contributed by atoms with Crippen molar-refractivity contribution in [1.82, 2.24) is 0 Å². The predicted octanol–water partition coefficient (Wildman–Crippen LogP) is 1.86. The first-order chi connectivity index (χ1) is 7.58. The highest BCUT2D eigenvalue weighted by Crippen LogP contribution is 2.55. The van der Waals surface area contributed by atoms with E-state index in [4.69, 9.17) is 21.7 Å². The highest BCUT2D eigenvalue weighted by molar-refractivity contribution is 7.80. The van der Waals surface area contributed by atoms with Crippen LogP contribution in [0.25, 0.3) is 0 Å². The molecule has 4 heteroatoms. The molecule has 3 rings (SSSR count). The van der Waals surface area contributed by atoms with E-state index in [1.165, 1.54) is 0 Å². The lowest BCUT2D eigenvalue weighted by atomic mass is 9.88. The summed E-state index contributed by atoms with van der Waals surface area (Å²) in [5.41, 5.74) is 0.763. The molecular weight excluding hydrogens is 224 g/mol. The van der Waals surface area contributed by atoms with Gasteiger partial charge in [0, 0.05) is 11.8 Å². The largest absolute Gasteiger partial charge is 0.476 e. The Morgan fingerprint density at radius 1 is 1.56 bits per heavy atom. The van der Waals surface area contributed by atoms with E-state index in [2.05, 4.69) is 6.58 Å². The second-order valence-electron chi connectivity index (χ2n) is 5.05. The van der Waals surface area contributed by atoms with Crippen molar-refractivity contribution in [1.29, 1.82) is 0 Å². The van der Waals surface area contributed by atoms with Crippen molar-refractivity contribution < 1.29 is 14.3 Å². The molecule has 5 unspecified atom stereocenters. The van der Waals surface area contributed by atoms with E-state index in [-0.39, 0.29) is 24.1 Å². The number of thiocarbonyl (C=S) groups is 1. The Bertz CT molecular complexity index is 390. The highest BCUT2D eigenvalue weighted by Gasteiger charge is 2.63. The van der Waals surface area contributed by atoms with Crippen LogP contribution in [-0.4, -0.2) is 23.2 Å². The normalized spacial score (nSPS) is 43.3. The molecule has 5 atom stereocenters. The van der Waals surface area contributed by atoms with Gasteiger partial charge in [-0.25, -0.2) is 0 Å². The van der Waals surface area contributed by atoms with Crippen molar-refractivity contribution in [3.63, 3.8) is 0 Å². The van der Waals surface area contributed by atoms with Gasteiger partial charge in [-0.1, -0.05) is 6.58 Å². The van der Waals surface area contributed by atoms with Gasteiger partial charge in [-0.15, -0.1) is 0 Å². The number of hydrogen-bond donors (Lipinski definition) is 0. The van der Waals surface area contributed by atoms with Crippen molar-refractivity contribution >= 4 is 23.2 Å². The van der Waals surface area contributed by atoms with Gasteiger partial charge in [0.25, 0.3) is 0 Å². The van der Waals surface area contributed by atoms with Crippen LogP contribution >= 0.6 is 12.2 Å². The van der Waals surface area contributed by atoms with E-state index >= 15 is 0 Å². The Morgan fingerprint density at radius 2 is 2.31 bits per heavy atom. The van der Waals surface area contributed by atoms with E-state index in [1.807, 2.05) is 6.92 Å². The van der Waals surface area contributed by atoms with Gasteiger partial charge in [0.1, 0.15) is 12.2 Å². The van der Waals surface area contributed by atoms with E-state index in [0.717, 1.165) is 18.4 Å². The van der Waals surface area contributed by atoms with Gasteiger partial charge in [-0.05, 0) is 37.6 Å². The summed E-state index contributed by atoms with van der Waals surface area (Å²) < 4.78 is 11.1. The number of ether oxygens (including phenoxy) is 2. The van der Waals surface area contributed by atoms with Crippen LogP contribution in [0.2, 0.25) is 0 Å². The van der Waals surface area contributed by atoms with E-state index in [9.17, 15) is 4.79 Å². The number of esters is 1. The third-order valence-electron chi connectivity index (χ3n) is 4.01. The summed E-state index contributed by atoms with van der Waals surface area (Å²) in [5, 5.41) is 0.456. The minimum Gasteiger partial charge on any atom is -0.476 e. The molecule has 2 aliphatic carbocycles. The van der Waals surface area contributed by atoms with Gasteiger partial charge < -0.3 is 9.47 Å². The second kappa shape index (κ2) is 3.29. The van der Waals surface area contributed by atoms with Gasteiger partial charge in [0.15, 0.2) is 5.05 Å². The Kier molecular flexibility index (Phi) is 2.11. The van der Waals surface area contributed by atoms with Crippen LogP contribution in [-0.2, 0) is 14.3 Å². The fourth-order valence-electron chi connectivity index (χ4n) is 3.29. The summed E-state index contributed by atoms with van der Waals surface area (Å²) in [6, 6.07) is 0. The van der Waals surface area contributed by atoms with Crippen LogP contribution < -0.4 is 0 Å². The van der Waals surface area contributed by atoms with Gasteiger partial charge >= 0.3 is 5.97 Å². The van der Waals surface area contributed by atoms with E-state index in [1.54, 1.807) is 0 Å². The molecule has 3 nitrogen and oxygen atoms in total. The van der Waals surface area contributed by atoms with Crippen molar-refractivity contribution in [3.8, 4) is 0 Å². The van der Waals surface area contributed by atoms with Gasteiger partial charge in [0.2, 0.25) is 0 Å². The standard InChI is InChI=1S/C12H14O3S/c1-5(2)12(16)15-9-6-3-7-8(4-6)11(13)14-10(7)9/h6-10H,1,3-4H2,2H3. The van der Waals surface area contributed by atoms with Gasteiger partial charge in [0.05, 0.1) is 5.92 Å². The fraction of sp³-hybridized carbons (Fsp3) is 0.667. The quantitative estimate of drug-likeness (QED) is 0.418. The maximum Gasteiger partial charge on any atom is 0.309 e. The van der Waals surface area contributed by atoms with Crippen LogP contribution in [0, 0.1) is 17.8 Å². The summed E-state index contributed by atoms with van der Waals surface area (Å²) in [6.45, 7) is 5.59. The topological polar surface area (TPSA) is 35.5 Å². The SMILES string of the molecule is C=C(C)C(=S)OC1C2CC3C(=O)OC1C3C2. The van der Waals surface area contributed by atoms with Crippen LogP contribution in [0.15, 0.2) is 12.2 Å². The molecule has 2 saturated carbocycles. The zero-order chi connectivity index (χ0) is 11.4. The molecule has 0 spiro atoms. The molecule has 3 aliphatic rings. The second-order valence-corrected chi connectivity index (χ2v) is 5.42. The van der Waals surface area contributed by atoms with Crippen molar-refractivity contribution in [2.24, 2.45) is 17.8 Å². The highest BCUT2D eigenvalue weighted by atomic mass is 32.1. The summed E-state index contributed by atoms with van der Waals surface area (Å²) >= 11 is 5.11. The minimum absolute atomic E-state index is 0.0306. The molecule has 0 radical (unpaired) electrons. The molecule has 16 heavy (non-hydrogen) atoms. The molecule has 1 saturated heterocycles. The number of hydrogen-bond acceptors (Lipinski definition) is 4. The Hall–Kier alpha value is -0.900. The Morgan fingerprint density at radius 3 is 3.00 bits per heavy atom. The van der Waals surface area contributed by atoms with Crippen LogP contribution in [0.5, 0.6) is 0 Å². The molecule has 1 aliphatic heterocycles. The lowest BCUT2D eigenvalue weighted by Crippen LogP contribution is -2.35.